The molecule has 1 atom stereocenters. The number of hydrogen-bond acceptors (Lipinski definition) is 4. The normalized spacial score (nSPS) is 18.6. The molecule has 1 aliphatic rings. The zero-order valence-electron chi connectivity index (χ0n) is 11.5. The molecule has 0 aromatic heterocycles. The van der Waals surface area contributed by atoms with Gasteiger partial charge in [-0.2, -0.15) is 0 Å². The summed E-state index contributed by atoms with van der Waals surface area (Å²) in [6.07, 6.45) is 2.22. The summed E-state index contributed by atoms with van der Waals surface area (Å²) in [6.45, 7) is 4.30. The summed E-state index contributed by atoms with van der Waals surface area (Å²) in [6, 6.07) is 4.45. The number of rotatable bonds is 4. The summed E-state index contributed by atoms with van der Waals surface area (Å²) in [7, 11) is 0. The molecule has 20 heavy (non-hydrogen) atoms. The number of non-ortho nitro benzene ring substituents is 1. The van der Waals surface area contributed by atoms with Gasteiger partial charge in [0, 0.05) is 24.2 Å². The van der Waals surface area contributed by atoms with Crippen LogP contribution in [0.3, 0.4) is 0 Å². The predicted octanol–water partition coefficient (Wildman–Crippen LogP) is 1.63. The molecule has 1 saturated heterocycles. The maximum Gasteiger partial charge on any atom is 0.270 e. The first-order chi connectivity index (χ1) is 9.56. The Balaban J connectivity index is 1.99. The molecule has 6 nitrogen and oxygen atoms in total. The summed E-state index contributed by atoms with van der Waals surface area (Å²) >= 11 is 0. The van der Waals surface area contributed by atoms with Crippen molar-refractivity contribution in [1.29, 1.82) is 0 Å². The molecule has 0 bridgehead atoms. The van der Waals surface area contributed by atoms with Crippen molar-refractivity contribution >= 4 is 11.6 Å². The van der Waals surface area contributed by atoms with Crippen molar-refractivity contribution in [2.24, 2.45) is 5.92 Å². The molecule has 1 aromatic rings. The maximum absolute atomic E-state index is 12.1. The van der Waals surface area contributed by atoms with E-state index in [0.29, 0.717) is 23.6 Å². The van der Waals surface area contributed by atoms with Crippen LogP contribution in [0, 0.1) is 23.0 Å². The van der Waals surface area contributed by atoms with Gasteiger partial charge in [0.2, 0.25) is 0 Å². The minimum Gasteiger partial charge on any atom is -0.352 e. The number of nitrogens with one attached hydrogen (secondary N) is 2. The lowest BCUT2D eigenvalue weighted by atomic mass is 9.99. The Morgan fingerprint density at radius 3 is 2.95 bits per heavy atom. The second kappa shape index (κ2) is 6.47. The summed E-state index contributed by atoms with van der Waals surface area (Å²) in [4.78, 5) is 22.4. The van der Waals surface area contributed by atoms with E-state index in [-0.39, 0.29) is 11.6 Å². The van der Waals surface area contributed by atoms with Crippen LogP contribution in [0.15, 0.2) is 18.2 Å². The van der Waals surface area contributed by atoms with E-state index in [4.69, 9.17) is 0 Å². The maximum atomic E-state index is 12.1. The first-order valence-electron chi connectivity index (χ1n) is 6.81. The van der Waals surface area contributed by atoms with Gasteiger partial charge in [-0.15, -0.1) is 0 Å². The molecule has 1 aromatic carbocycles. The number of piperidine rings is 1. The highest BCUT2D eigenvalue weighted by Crippen LogP contribution is 2.17. The molecule has 108 valence electrons. The van der Waals surface area contributed by atoms with Gasteiger partial charge in [0.05, 0.1) is 4.92 Å². The van der Waals surface area contributed by atoms with E-state index in [1.165, 1.54) is 12.1 Å². The lowest BCUT2D eigenvalue weighted by molar-refractivity contribution is -0.384. The van der Waals surface area contributed by atoms with Crippen LogP contribution in [0.4, 0.5) is 5.69 Å². The molecule has 2 N–H and O–H groups in total. The molecule has 2 rings (SSSR count). The molecule has 1 fully saturated rings. The Morgan fingerprint density at radius 2 is 2.30 bits per heavy atom. The van der Waals surface area contributed by atoms with Crippen LogP contribution in [-0.4, -0.2) is 30.5 Å². The minimum atomic E-state index is -0.477. The van der Waals surface area contributed by atoms with E-state index in [0.717, 1.165) is 25.9 Å². The van der Waals surface area contributed by atoms with E-state index >= 15 is 0 Å². The fourth-order valence-corrected chi connectivity index (χ4v) is 2.44. The van der Waals surface area contributed by atoms with E-state index in [2.05, 4.69) is 10.6 Å². The third-order valence-corrected chi connectivity index (χ3v) is 3.49. The number of nitro benzene ring substituents is 1. The third-order valence-electron chi connectivity index (χ3n) is 3.49. The standard InChI is InChI=1S/C14H19N3O3/c1-10-5-12(7-13(6-10)17(19)20)14(18)16-9-11-3-2-4-15-8-11/h5-7,11,15H,2-4,8-9H2,1H3,(H,16,18). The van der Waals surface area contributed by atoms with Crippen molar-refractivity contribution in [3.8, 4) is 0 Å². The molecule has 1 amide bonds. The van der Waals surface area contributed by atoms with Crippen molar-refractivity contribution in [2.45, 2.75) is 19.8 Å². The second-order valence-corrected chi connectivity index (χ2v) is 5.24. The summed E-state index contributed by atoms with van der Waals surface area (Å²) in [5, 5.41) is 17.0. The average Bonchev–Trinajstić information content (AvgIpc) is 2.45. The third kappa shape index (κ3) is 3.77. The van der Waals surface area contributed by atoms with E-state index in [1.807, 2.05) is 0 Å². The van der Waals surface area contributed by atoms with Crippen molar-refractivity contribution in [2.75, 3.05) is 19.6 Å². The Morgan fingerprint density at radius 1 is 1.50 bits per heavy atom. The van der Waals surface area contributed by atoms with Crippen LogP contribution in [0.1, 0.15) is 28.8 Å². The van der Waals surface area contributed by atoms with Crippen LogP contribution in [0.2, 0.25) is 0 Å². The lowest BCUT2D eigenvalue weighted by Gasteiger charge is -2.22. The Labute approximate surface area is 117 Å². The predicted molar refractivity (Wildman–Crippen MR) is 75.8 cm³/mol. The number of amides is 1. The van der Waals surface area contributed by atoms with Crippen molar-refractivity contribution in [3.63, 3.8) is 0 Å². The van der Waals surface area contributed by atoms with Gasteiger partial charge in [0.1, 0.15) is 0 Å². The van der Waals surface area contributed by atoms with Crippen molar-refractivity contribution in [3.05, 3.63) is 39.4 Å². The van der Waals surface area contributed by atoms with Gasteiger partial charge in [0.15, 0.2) is 0 Å². The average molecular weight is 277 g/mol. The molecule has 0 saturated carbocycles. The topological polar surface area (TPSA) is 84.3 Å². The van der Waals surface area contributed by atoms with E-state index in [9.17, 15) is 14.9 Å². The Kier molecular flexibility index (Phi) is 4.68. The molecule has 1 aliphatic heterocycles. The SMILES string of the molecule is Cc1cc(C(=O)NCC2CCCNC2)cc([N+](=O)[O-])c1. The fourth-order valence-electron chi connectivity index (χ4n) is 2.44. The number of benzene rings is 1. The number of hydrogen-bond donors (Lipinski definition) is 2. The molecular weight excluding hydrogens is 258 g/mol. The first-order valence-corrected chi connectivity index (χ1v) is 6.81. The Hall–Kier alpha value is -1.95. The largest absolute Gasteiger partial charge is 0.352 e. The minimum absolute atomic E-state index is 0.0468. The second-order valence-electron chi connectivity index (χ2n) is 5.24. The Bertz CT molecular complexity index is 510. The number of nitro groups is 1. The molecule has 6 heteroatoms. The van der Waals surface area contributed by atoms with E-state index < -0.39 is 4.92 Å². The molecule has 1 heterocycles. The zero-order chi connectivity index (χ0) is 14.5. The van der Waals surface area contributed by atoms with Crippen LogP contribution >= 0.6 is 0 Å². The molecule has 0 aliphatic carbocycles. The summed E-state index contributed by atoms with van der Waals surface area (Å²) in [5.74, 6) is 0.190. The van der Waals surface area contributed by atoms with Gasteiger partial charge in [-0.05, 0) is 50.4 Å². The molecule has 0 spiro atoms. The lowest BCUT2D eigenvalue weighted by Crippen LogP contribution is -2.38. The number of carbonyl (C=O) groups is 1. The van der Waals surface area contributed by atoms with Crippen molar-refractivity contribution < 1.29 is 9.72 Å². The highest BCUT2D eigenvalue weighted by atomic mass is 16.6. The summed E-state index contributed by atoms with van der Waals surface area (Å²) < 4.78 is 0. The van der Waals surface area contributed by atoms with Gasteiger partial charge < -0.3 is 10.6 Å². The quantitative estimate of drug-likeness (QED) is 0.647. The smallest absolute Gasteiger partial charge is 0.270 e. The van der Waals surface area contributed by atoms with Crippen LogP contribution in [-0.2, 0) is 0 Å². The zero-order valence-corrected chi connectivity index (χ0v) is 11.5. The van der Waals surface area contributed by atoms with Crippen LogP contribution in [0.25, 0.3) is 0 Å². The van der Waals surface area contributed by atoms with Gasteiger partial charge in [-0.25, -0.2) is 0 Å². The number of carbonyl (C=O) groups excluding carboxylic acids is 1. The van der Waals surface area contributed by atoms with Crippen LogP contribution < -0.4 is 10.6 Å². The van der Waals surface area contributed by atoms with E-state index in [1.54, 1.807) is 13.0 Å². The summed E-state index contributed by atoms with van der Waals surface area (Å²) in [5.41, 5.74) is 1.01. The monoisotopic (exact) mass is 277 g/mol. The van der Waals surface area contributed by atoms with Gasteiger partial charge in [0.25, 0.3) is 11.6 Å². The van der Waals surface area contributed by atoms with Gasteiger partial charge in [-0.3, -0.25) is 14.9 Å². The molecule has 1 unspecified atom stereocenters. The van der Waals surface area contributed by atoms with Gasteiger partial charge >= 0.3 is 0 Å². The van der Waals surface area contributed by atoms with Crippen molar-refractivity contribution in [1.82, 2.24) is 10.6 Å². The molecular formula is C14H19N3O3. The molecule has 0 radical (unpaired) electrons. The first kappa shape index (κ1) is 14.5. The van der Waals surface area contributed by atoms with Gasteiger partial charge in [-0.1, -0.05) is 0 Å². The number of nitrogens with zero attached hydrogens (tertiary/aromatic N) is 1. The number of aryl methyl sites for hydroxylation is 1. The highest BCUT2D eigenvalue weighted by molar-refractivity contribution is 5.95. The van der Waals surface area contributed by atoms with Crippen LogP contribution in [0.5, 0.6) is 0 Å². The highest BCUT2D eigenvalue weighted by Gasteiger charge is 2.16. The fraction of sp³-hybridized carbons (Fsp3) is 0.500.